The Morgan fingerprint density at radius 1 is 1.56 bits per heavy atom. The third-order valence-electron chi connectivity index (χ3n) is 2.97. The highest BCUT2D eigenvalue weighted by Crippen LogP contribution is 2.27. The summed E-state index contributed by atoms with van der Waals surface area (Å²) in [5.74, 6) is 0. The first kappa shape index (κ1) is 13.6. The van der Waals surface area contributed by atoms with Crippen LogP contribution in [0.1, 0.15) is 25.1 Å². The molecular formula is C12H22N2OS. The van der Waals surface area contributed by atoms with Crippen LogP contribution in [-0.4, -0.2) is 31.8 Å². The molecule has 0 aliphatic rings. The summed E-state index contributed by atoms with van der Waals surface area (Å²) < 4.78 is 5.03. The minimum atomic E-state index is 0.320. The van der Waals surface area contributed by atoms with Gasteiger partial charge in [-0.05, 0) is 18.3 Å². The van der Waals surface area contributed by atoms with Crippen molar-refractivity contribution < 1.29 is 4.74 Å². The summed E-state index contributed by atoms with van der Waals surface area (Å²) in [6.45, 7) is 7.31. The van der Waals surface area contributed by atoms with Gasteiger partial charge in [0.05, 0.1) is 12.1 Å². The average molecular weight is 242 g/mol. The van der Waals surface area contributed by atoms with E-state index in [4.69, 9.17) is 4.74 Å². The number of aromatic nitrogens is 1. The molecule has 0 bridgehead atoms. The molecule has 1 atom stereocenters. The Bertz CT molecular complexity index is 277. The Balaban J connectivity index is 2.37. The molecule has 4 heteroatoms. The van der Waals surface area contributed by atoms with Gasteiger partial charge in [-0.25, -0.2) is 0 Å². The number of rotatable bonds is 8. The van der Waals surface area contributed by atoms with Crippen molar-refractivity contribution in [2.45, 2.75) is 26.7 Å². The topological polar surface area (TPSA) is 34.1 Å². The van der Waals surface area contributed by atoms with E-state index in [1.807, 2.05) is 11.7 Å². The van der Waals surface area contributed by atoms with E-state index in [0.717, 1.165) is 26.1 Å². The lowest BCUT2D eigenvalue weighted by Gasteiger charge is -2.28. The lowest BCUT2D eigenvalue weighted by molar-refractivity contribution is 0.191. The molecular weight excluding hydrogens is 220 g/mol. The van der Waals surface area contributed by atoms with Crippen LogP contribution >= 0.6 is 11.3 Å². The van der Waals surface area contributed by atoms with Crippen LogP contribution in [0.3, 0.4) is 0 Å². The molecule has 0 fully saturated rings. The molecule has 0 amide bonds. The molecule has 0 aliphatic carbocycles. The molecule has 3 nitrogen and oxygen atoms in total. The minimum Gasteiger partial charge on any atom is -0.383 e. The fourth-order valence-electron chi connectivity index (χ4n) is 1.63. The lowest BCUT2D eigenvalue weighted by Crippen LogP contribution is -2.34. The van der Waals surface area contributed by atoms with Crippen molar-refractivity contribution in [2.75, 3.05) is 26.8 Å². The zero-order valence-corrected chi connectivity index (χ0v) is 11.3. The summed E-state index contributed by atoms with van der Waals surface area (Å²) in [5.41, 5.74) is 2.23. The van der Waals surface area contributed by atoms with E-state index in [9.17, 15) is 0 Å². The zero-order chi connectivity index (χ0) is 11.9. The summed E-state index contributed by atoms with van der Waals surface area (Å²) in [6.07, 6.45) is 4.26. The maximum Gasteiger partial charge on any atom is 0.0794 e. The van der Waals surface area contributed by atoms with E-state index in [1.54, 1.807) is 18.4 Å². The number of methoxy groups -OCH3 is 1. The van der Waals surface area contributed by atoms with E-state index in [1.165, 1.54) is 11.3 Å². The molecule has 0 saturated carbocycles. The maximum absolute atomic E-state index is 5.03. The molecule has 0 aromatic carbocycles. The molecule has 1 unspecified atom stereocenters. The summed E-state index contributed by atoms with van der Waals surface area (Å²) in [5, 5.41) is 3.45. The lowest BCUT2D eigenvalue weighted by atomic mass is 9.83. The fourth-order valence-corrected chi connectivity index (χ4v) is 2.44. The van der Waals surface area contributed by atoms with Gasteiger partial charge in [0.1, 0.15) is 0 Å². The Morgan fingerprint density at radius 2 is 2.38 bits per heavy atom. The van der Waals surface area contributed by atoms with Gasteiger partial charge in [-0.2, -0.15) is 0 Å². The second kappa shape index (κ2) is 6.99. The summed E-state index contributed by atoms with van der Waals surface area (Å²) in [4.78, 5) is 5.50. The fraction of sp³-hybridized carbons (Fsp3) is 0.750. The SMILES string of the molecule is CCC(C)(CNCCOC)Cc1cncs1. The van der Waals surface area contributed by atoms with Gasteiger partial charge < -0.3 is 10.1 Å². The molecule has 1 N–H and O–H groups in total. The standard InChI is InChI=1S/C12H22N2OS/c1-4-12(2,9-13-5-6-15-3)7-11-8-14-10-16-11/h8,10,13H,4-7,9H2,1-3H3. The third-order valence-corrected chi connectivity index (χ3v) is 3.75. The number of nitrogens with one attached hydrogen (secondary N) is 1. The van der Waals surface area contributed by atoms with E-state index in [0.29, 0.717) is 5.41 Å². The highest BCUT2D eigenvalue weighted by atomic mass is 32.1. The second-order valence-corrected chi connectivity index (χ2v) is 5.45. The minimum absolute atomic E-state index is 0.320. The van der Waals surface area contributed by atoms with Gasteiger partial charge in [-0.3, -0.25) is 4.98 Å². The van der Waals surface area contributed by atoms with Crippen LogP contribution in [0, 0.1) is 5.41 Å². The molecule has 0 radical (unpaired) electrons. The Labute approximate surface area is 102 Å². The van der Waals surface area contributed by atoms with E-state index in [2.05, 4.69) is 24.1 Å². The second-order valence-electron chi connectivity index (χ2n) is 4.48. The average Bonchev–Trinajstić information content (AvgIpc) is 2.77. The highest BCUT2D eigenvalue weighted by Gasteiger charge is 2.22. The number of thiazole rings is 1. The van der Waals surface area contributed by atoms with Crippen molar-refractivity contribution in [1.29, 1.82) is 0 Å². The van der Waals surface area contributed by atoms with Gasteiger partial charge in [0, 0.05) is 31.3 Å². The number of nitrogens with zero attached hydrogens (tertiary/aromatic N) is 1. The predicted molar refractivity (Wildman–Crippen MR) is 69.0 cm³/mol. The molecule has 1 rings (SSSR count). The molecule has 92 valence electrons. The smallest absolute Gasteiger partial charge is 0.0794 e. The summed E-state index contributed by atoms with van der Waals surface area (Å²) in [6, 6.07) is 0. The Kier molecular flexibility index (Phi) is 5.95. The van der Waals surface area contributed by atoms with Gasteiger partial charge in [-0.1, -0.05) is 13.8 Å². The highest BCUT2D eigenvalue weighted by molar-refractivity contribution is 7.09. The third kappa shape index (κ3) is 4.60. The van der Waals surface area contributed by atoms with E-state index < -0.39 is 0 Å². The molecule has 16 heavy (non-hydrogen) atoms. The van der Waals surface area contributed by atoms with Gasteiger partial charge in [0.2, 0.25) is 0 Å². The Hall–Kier alpha value is -0.450. The van der Waals surface area contributed by atoms with Crippen molar-refractivity contribution in [2.24, 2.45) is 5.41 Å². The molecule has 0 saturated heterocycles. The first-order chi connectivity index (χ1) is 7.70. The number of hydrogen-bond acceptors (Lipinski definition) is 4. The molecule has 1 heterocycles. The molecule has 1 aromatic rings. The number of ether oxygens (including phenoxy) is 1. The first-order valence-corrected chi connectivity index (χ1v) is 6.65. The van der Waals surface area contributed by atoms with Crippen LogP contribution in [-0.2, 0) is 11.2 Å². The predicted octanol–water partition coefficient (Wildman–Crippen LogP) is 2.34. The van der Waals surface area contributed by atoms with Crippen LogP contribution in [0.4, 0.5) is 0 Å². The van der Waals surface area contributed by atoms with Crippen LogP contribution in [0.15, 0.2) is 11.7 Å². The molecule has 1 aromatic heterocycles. The van der Waals surface area contributed by atoms with Gasteiger partial charge in [0.25, 0.3) is 0 Å². The number of hydrogen-bond donors (Lipinski definition) is 1. The van der Waals surface area contributed by atoms with Crippen LogP contribution in [0.25, 0.3) is 0 Å². The zero-order valence-electron chi connectivity index (χ0n) is 10.5. The van der Waals surface area contributed by atoms with Gasteiger partial charge in [-0.15, -0.1) is 11.3 Å². The van der Waals surface area contributed by atoms with Crippen molar-refractivity contribution in [3.05, 3.63) is 16.6 Å². The Morgan fingerprint density at radius 3 is 2.94 bits per heavy atom. The largest absolute Gasteiger partial charge is 0.383 e. The van der Waals surface area contributed by atoms with E-state index in [-0.39, 0.29) is 0 Å². The molecule has 0 spiro atoms. The van der Waals surface area contributed by atoms with Crippen LogP contribution < -0.4 is 5.32 Å². The quantitative estimate of drug-likeness (QED) is 0.711. The van der Waals surface area contributed by atoms with Crippen molar-refractivity contribution in [3.63, 3.8) is 0 Å². The summed E-state index contributed by atoms with van der Waals surface area (Å²) >= 11 is 1.75. The van der Waals surface area contributed by atoms with Crippen molar-refractivity contribution in [3.8, 4) is 0 Å². The normalized spacial score (nSPS) is 14.9. The van der Waals surface area contributed by atoms with Crippen LogP contribution in [0.2, 0.25) is 0 Å². The van der Waals surface area contributed by atoms with Gasteiger partial charge >= 0.3 is 0 Å². The van der Waals surface area contributed by atoms with Gasteiger partial charge in [0.15, 0.2) is 0 Å². The molecule has 0 aliphatic heterocycles. The maximum atomic E-state index is 5.03. The first-order valence-electron chi connectivity index (χ1n) is 5.77. The van der Waals surface area contributed by atoms with Crippen LogP contribution in [0.5, 0.6) is 0 Å². The van der Waals surface area contributed by atoms with Crippen molar-refractivity contribution >= 4 is 11.3 Å². The van der Waals surface area contributed by atoms with Crippen molar-refractivity contribution in [1.82, 2.24) is 10.3 Å². The van der Waals surface area contributed by atoms with E-state index >= 15 is 0 Å². The monoisotopic (exact) mass is 242 g/mol. The summed E-state index contributed by atoms with van der Waals surface area (Å²) in [7, 11) is 1.73.